The van der Waals surface area contributed by atoms with Gasteiger partial charge in [0.1, 0.15) is 0 Å². The molecule has 0 aliphatic heterocycles. The maximum absolute atomic E-state index is 14.4. The van der Waals surface area contributed by atoms with Crippen molar-refractivity contribution in [3.63, 3.8) is 0 Å². The van der Waals surface area contributed by atoms with E-state index in [1.54, 1.807) is 24.3 Å². The fraction of sp³-hybridized carbons (Fsp3) is 0.0556. The van der Waals surface area contributed by atoms with Crippen LogP contribution in [0.1, 0.15) is 11.1 Å². The van der Waals surface area contributed by atoms with Crippen LogP contribution in [0, 0.1) is 13.8 Å². The molecule has 0 bridgehead atoms. The average molecular weight is 587 g/mol. The Morgan fingerprint density at radius 1 is 0.619 bits per heavy atom. The van der Waals surface area contributed by atoms with Crippen molar-refractivity contribution in [2.45, 2.75) is 18.7 Å². The molecule has 2 heterocycles. The molecule has 206 valence electrons. The number of aromatic nitrogens is 2. The van der Waals surface area contributed by atoms with Crippen LogP contribution in [0.3, 0.4) is 0 Å². The van der Waals surface area contributed by atoms with Gasteiger partial charge < -0.3 is 4.57 Å². The summed E-state index contributed by atoms with van der Waals surface area (Å²) in [6.07, 6.45) is 0. The molecule has 4 nitrogen and oxygen atoms in total. The number of benzene rings is 5. The molecule has 0 aliphatic carbocycles. The van der Waals surface area contributed by atoms with Gasteiger partial charge in [0.05, 0.1) is 33.0 Å². The largest absolute Gasteiger partial charge is 0.308 e. The monoisotopic (exact) mass is 586 g/mol. The van der Waals surface area contributed by atoms with Gasteiger partial charge in [-0.1, -0.05) is 96.0 Å². The van der Waals surface area contributed by atoms with Crippen LogP contribution in [0.2, 0.25) is 5.02 Å². The van der Waals surface area contributed by atoms with E-state index in [4.69, 9.17) is 11.6 Å². The van der Waals surface area contributed by atoms with Gasteiger partial charge in [0.2, 0.25) is 0 Å². The third kappa shape index (κ3) is 4.25. The Morgan fingerprint density at radius 3 is 2.02 bits per heavy atom. The summed E-state index contributed by atoms with van der Waals surface area (Å²) in [7, 11) is -3.96. The van der Waals surface area contributed by atoms with E-state index in [9.17, 15) is 8.42 Å². The van der Waals surface area contributed by atoms with Crippen LogP contribution in [0.15, 0.2) is 132 Å². The minimum absolute atomic E-state index is 0.235. The van der Waals surface area contributed by atoms with E-state index in [-0.39, 0.29) is 4.90 Å². The van der Waals surface area contributed by atoms with Crippen LogP contribution >= 0.6 is 11.6 Å². The molecule has 5 aromatic carbocycles. The summed E-state index contributed by atoms with van der Waals surface area (Å²) in [4.78, 5) is 0.235. The molecule has 42 heavy (non-hydrogen) atoms. The summed E-state index contributed by atoms with van der Waals surface area (Å²) < 4.78 is 32.5. The predicted molar refractivity (Wildman–Crippen MR) is 173 cm³/mol. The number of hydrogen-bond acceptors (Lipinski definition) is 2. The molecule has 0 saturated heterocycles. The zero-order valence-corrected chi connectivity index (χ0v) is 24.7. The molecule has 0 atom stereocenters. The first kappa shape index (κ1) is 26.3. The van der Waals surface area contributed by atoms with Crippen molar-refractivity contribution in [3.8, 4) is 28.2 Å². The fourth-order valence-electron chi connectivity index (χ4n) is 5.76. The van der Waals surface area contributed by atoms with Crippen LogP contribution in [-0.2, 0) is 10.0 Å². The average Bonchev–Trinajstić information content (AvgIpc) is 3.58. The van der Waals surface area contributed by atoms with Crippen molar-refractivity contribution in [1.82, 2.24) is 8.54 Å². The molecule has 0 amide bonds. The SMILES string of the molecule is Cc1ccc(S(=O)(=O)n2c(-c3ccc(Cl)cc3)cc3c(-n4c(-c5ccccc5)cc5ccccc54)c(C)ccc32)cc1. The highest BCUT2D eigenvalue weighted by molar-refractivity contribution is 7.90. The molecule has 0 unspecified atom stereocenters. The molecular formula is C36H27ClN2O2S. The quantitative estimate of drug-likeness (QED) is 0.202. The Balaban J connectivity index is 1.61. The number of fused-ring (bicyclic) bond motifs is 2. The summed E-state index contributed by atoms with van der Waals surface area (Å²) in [6, 6.07) is 41.0. The fourth-order valence-corrected chi connectivity index (χ4v) is 7.41. The van der Waals surface area contributed by atoms with Gasteiger partial charge in [0, 0.05) is 15.8 Å². The smallest absolute Gasteiger partial charge is 0.268 e. The lowest BCUT2D eigenvalue weighted by atomic mass is 10.1. The first-order valence-electron chi connectivity index (χ1n) is 13.7. The maximum atomic E-state index is 14.4. The second kappa shape index (κ2) is 10.1. The van der Waals surface area contributed by atoms with Gasteiger partial charge >= 0.3 is 0 Å². The van der Waals surface area contributed by atoms with Crippen molar-refractivity contribution < 1.29 is 8.42 Å². The normalized spacial score (nSPS) is 11.9. The zero-order valence-electron chi connectivity index (χ0n) is 23.1. The van der Waals surface area contributed by atoms with Gasteiger partial charge in [-0.05, 0) is 79.1 Å². The van der Waals surface area contributed by atoms with E-state index in [2.05, 4.69) is 41.8 Å². The molecule has 7 rings (SSSR count). The molecule has 0 aliphatic rings. The lowest BCUT2D eigenvalue weighted by Gasteiger charge is -2.16. The van der Waals surface area contributed by atoms with Gasteiger partial charge in [-0.15, -0.1) is 0 Å². The van der Waals surface area contributed by atoms with E-state index in [1.807, 2.05) is 79.7 Å². The molecule has 0 radical (unpaired) electrons. The summed E-state index contributed by atoms with van der Waals surface area (Å²) in [5.41, 5.74) is 8.09. The van der Waals surface area contributed by atoms with Gasteiger partial charge in [-0.2, -0.15) is 0 Å². The summed E-state index contributed by atoms with van der Waals surface area (Å²) >= 11 is 6.23. The van der Waals surface area contributed by atoms with Crippen molar-refractivity contribution >= 4 is 43.4 Å². The van der Waals surface area contributed by atoms with Crippen LogP contribution in [0.25, 0.3) is 50.0 Å². The lowest BCUT2D eigenvalue weighted by molar-refractivity contribution is 0.589. The van der Waals surface area contributed by atoms with Crippen LogP contribution in [0.4, 0.5) is 0 Å². The third-order valence-corrected chi connectivity index (χ3v) is 9.81. The van der Waals surface area contributed by atoms with E-state index in [0.717, 1.165) is 49.9 Å². The molecule has 0 saturated carbocycles. The molecule has 0 fully saturated rings. The van der Waals surface area contributed by atoms with Gasteiger partial charge in [-0.25, -0.2) is 12.4 Å². The van der Waals surface area contributed by atoms with Crippen molar-refractivity contribution in [2.24, 2.45) is 0 Å². The first-order valence-corrected chi connectivity index (χ1v) is 15.5. The second-order valence-corrected chi connectivity index (χ2v) is 12.8. The Kier molecular flexibility index (Phi) is 6.30. The van der Waals surface area contributed by atoms with Crippen LogP contribution in [-0.4, -0.2) is 17.0 Å². The number of para-hydroxylation sites is 1. The third-order valence-electron chi connectivity index (χ3n) is 7.82. The molecule has 2 aromatic heterocycles. The number of halogens is 1. The summed E-state index contributed by atoms with van der Waals surface area (Å²) in [5, 5.41) is 2.54. The maximum Gasteiger partial charge on any atom is 0.268 e. The first-order chi connectivity index (χ1) is 20.3. The highest BCUT2D eigenvalue weighted by Crippen LogP contribution is 2.40. The Labute approximate surface area is 250 Å². The highest BCUT2D eigenvalue weighted by Gasteiger charge is 2.27. The van der Waals surface area contributed by atoms with E-state index in [1.165, 1.54) is 3.97 Å². The van der Waals surface area contributed by atoms with Crippen molar-refractivity contribution in [1.29, 1.82) is 0 Å². The van der Waals surface area contributed by atoms with Gasteiger partial charge in [0.15, 0.2) is 0 Å². The highest BCUT2D eigenvalue weighted by atomic mass is 35.5. The number of rotatable bonds is 5. The Morgan fingerprint density at radius 2 is 1.29 bits per heavy atom. The molecule has 0 spiro atoms. The van der Waals surface area contributed by atoms with Crippen molar-refractivity contribution in [2.75, 3.05) is 0 Å². The van der Waals surface area contributed by atoms with E-state index in [0.29, 0.717) is 16.2 Å². The molecule has 7 aromatic rings. The standard InChI is InChI=1S/C36H27ClN2O2S/c1-24-12-19-30(20-13-24)42(40,41)39-33-21-14-25(2)36(31(33)23-35(39)27-15-17-29(37)18-16-27)38-32-11-7-6-10-28(32)22-34(38)26-8-4-3-5-9-26/h3-23H,1-2H3. The number of hydrogen-bond donors (Lipinski definition) is 0. The van der Waals surface area contributed by atoms with Gasteiger partial charge in [0.25, 0.3) is 10.0 Å². The van der Waals surface area contributed by atoms with Crippen LogP contribution < -0.4 is 0 Å². The number of nitrogens with zero attached hydrogens (tertiary/aromatic N) is 2. The summed E-state index contributed by atoms with van der Waals surface area (Å²) in [5.74, 6) is 0. The predicted octanol–water partition coefficient (Wildman–Crippen LogP) is 9.43. The van der Waals surface area contributed by atoms with Crippen molar-refractivity contribution in [3.05, 3.63) is 144 Å². The molecule has 6 heteroatoms. The number of aryl methyl sites for hydroxylation is 2. The molecular weight excluding hydrogens is 560 g/mol. The lowest BCUT2D eigenvalue weighted by Crippen LogP contribution is -2.14. The topological polar surface area (TPSA) is 44.0 Å². The zero-order chi connectivity index (χ0) is 29.0. The minimum atomic E-state index is -3.96. The van der Waals surface area contributed by atoms with Gasteiger partial charge in [-0.3, -0.25) is 0 Å². The van der Waals surface area contributed by atoms with E-state index >= 15 is 0 Å². The second-order valence-electron chi connectivity index (χ2n) is 10.6. The van der Waals surface area contributed by atoms with Crippen LogP contribution in [0.5, 0.6) is 0 Å². The Hall–Kier alpha value is -4.58. The minimum Gasteiger partial charge on any atom is -0.308 e. The molecule has 0 N–H and O–H groups in total. The summed E-state index contributed by atoms with van der Waals surface area (Å²) in [6.45, 7) is 4.02. The Bertz CT molecular complexity index is 2210. The van der Waals surface area contributed by atoms with E-state index < -0.39 is 10.0 Å².